The maximum Gasteiger partial charge on any atom is 0.505 e. The molecule has 1 rings (SSSR count). The van der Waals surface area contributed by atoms with Crippen LogP contribution >= 0.6 is 0 Å². The molecule has 0 fully saturated rings. The van der Waals surface area contributed by atoms with Crippen molar-refractivity contribution < 1.29 is 17.7 Å². The minimum atomic E-state index is -2.63. The van der Waals surface area contributed by atoms with Gasteiger partial charge in [-0.25, -0.2) is 0 Å². The lowest BCUT2D eigenvalue weighted by molar-refractivity contribution is 0.0704. The van der Waals surface area contributed by atoms with Crippen LogP contribution in [0, 0.1) is 0 Å². The molecule has 0 aromatic heterocycles. The molecular weight excluding hydrogens is 336 g/mol. The Morgan fingerprint density at radius 2 is 1.00 bits per heavy atom. The van der Waals surface area contributed by atoms with Gasteiger partial charge in [-0.05, 0) is 58.0 Å². The molecule has 24 heavy (non-hydrogen) atoms. The predicted molar refractivity (Wildman–Crippen MR) is 104 cm³/mol. The minimum absolute atomic E-state index is 0.610. The van der Waals surface area contributed by atoms with E-state index >= 15 is 0 Å². The summed E-state index contributed by atoms with van der Waals surface area (Å²) < 4.78 is 23.7. The highest BCUT2D eigenvalue weighted by molar-refractivity contribution is 6.70. The average Bonchev–Trinajstić information content (AvgIpc) is 2.50. The third-order valence-corrected chi connectivity index (χ3v) is 9.06. The van der Waals surface area contributed by atoms with Crippen LogP contribution in [0.25, 0.3) is 0 Å². The molecule has 1 aromatic rings. The van der Waals surface area contributed by atoms with Gasteiger partial charge in [-0.2, -0.15) is 0 Å². The smallest absolute Gasteiger partial charge is 0.417 e. The van der Waals surface area contributed by atoms with Crippen molar-refractivity contribution in [1.29, 1.82) is 0 Å². The molecule has 0 aliphatic carbocycles. The summed E-state index contributed by atoms with van der Waals surface area (Å²) in [5.74, 6) is 0. The highest BCUT2D eigenvalue weighted by Gasteiger charge is 2.40. The van der Waals surface area contributed by atoms with Crippen LogP contribution in [0.1, 0.15) is 38.8 Å². The van der Waals surface area contributed by atoms with E-state index in [9.17, 15) is 0 Å². The summed E-state index contributed by atoms with van der Waals surface area (Å²) in [7, 11) is -4.24. The van der Waals surface area contributed by atoms with Gasteiger partial charge in [0.05, 0.1) is 0 Å². The summed E-state index contributed by atoms with van der Waals surface area (Å²) in [6.45, 7) is 15.2. The molecule has 0 heterocycles. The lowest BCUT2D eigenvalue weighted by Crippen LogP contribution is -2.48. The van der Waals surface area contributed by atoms with Gasteiger partial charge < -0.3 is 17.7 Å². The Kier molecular flexibility index (Phi) is 9.40. The van der Waals surface area contributed by atoms with Gasteiger partial charge in [-0.3, -0.25) is 0 Å². The fourth-order valence-electron chi connectivity index (χ4n) is 2.90. The third kappa shape index (κ3) is 7.17. The quantitative estimate of drug-likeness (QED) is 0.518. The summed E-state index contributed by atoms with van der Waals surface area (Å²) in [5, 5.41) is 0. The Morgan fingerprint density at radius 1 is 0.625 bits per heavy atom. The molecule has 0 unspecified atom stereocenters. The second-order valence-corrected chi connectivity index (χ2v) is 13.1. The third-order valence-electron chi connectivity index (χ3n) is 3.70. The van der Waals surface area contributed by atoms with Crippen LogP contribution in [0.15, 0.2) is 24.3 Å². The van der Waals surface area contributed by atoms with E-state index in [1.807, 2.05) is 20.8 Å². The SMILES string of the molecule is CCO[Si](C)(C)Cc1ccc(C[Si](OCC)(OCC)OCC)cc1. The molecule has 1 aromatic carbocycles. The first kappa shape index (κ1) is 21.5. The molecule has 0 aliphatic rings. The summed E-state index contributed by atoms with van der Waals surface area (Å²) in [6.07, 6.45) is 0. The van der Waals surface area contributed by atoms with E-state index in [-0.39, 0.29) is 0 Å². The van der Waals surface area contributed by atoms with Crippen LogP contribution < -0.4 is 0 Å². The summed E-state index contributed by atoms with van der Waals surface area (Å²) in [6, 6.07) is 10.5. The monoisotopic (exact) mass is 370 g/mol. The molecule has 0 atom stereocenters. The van der Waals surface area contributed by atoms with Crippen LogP contribution in [-0.2, 0) is 29.8 Å². The summed E-state index contributed by atoms with van der Waals surface area (Å²) in [5.41, 5.74) is 2.54. The van der Waals surface area contributed by atoms with Crippen LogP contribution in [0.4, 0.5) is 0 Å². The number of benzene rings is 1. The summed E-state index contributed by atoms with van der Waals surface area (Å²) >= 11 is 0. The zero-order valence-electron chi connectivity index (χ0n) is 16.2. The van der Waals surface area contributed by atoms with Crippen molar-refractivity contribution in [3.63, 3.8) is 0 Å². The van der Waals surface area contributed by atoms with E-state index in [0.717, 1.165) is 18.7 Å². The molecule has 138 valence electrons. The number of hydrogen-bond donors (Lipinski definition) is 0. The Bertz CT molecular complexity index is 446. The minimum Gasteiger partial charge on any atom is -0.417 e. The van der Waals surface area contributed by atoms with Crippen molar-refractivity contribution in [2.45, 2.75) is 52.9 Å². The van der Waals surface area contributed by atoms with Crippen LogP contribution in [0.2, 0.25) is 13.1 Å². The van der Waals surface area contributed by atoms with Crippen molar-refractivity contribution in [3.05, 3.63) is 35.4 Å². The van der Waals surface area contributed by atoms with Crippen molar-refractivity contribution in [2.75, 3.05) is 26.4 Å². The molecule has 0 aliphatic heterocycles. The molecule has 4 nitrogen and oxygen atoms in total. The first-order valence-corrected chi connectivity index (χ1v) is 14.1. The standard InChI is InChI=1S/C18H34O4Si2/c1-7-19-23(5,6)15-17-11-13-18(14-12-17)16-24(20-8-2,21-9-3)22-10-4/h11-14H,7-10,15-16H2,1-6H3. The normalized spacial score (nSPS) is 12.6. The van der Waals surface area contributed by atoms with Crippen LogP contribution in [0.3, 0.4) is 0 Å². The highest BCUT2D eigenvalue weighted by atomic mass is 28.4. The maximum atomic E-state index is 5.94. The lowest BCUT2D eigenvalue weighted by Gasteiger charge is -2.28. The fourth-order valence-corrected chi connectivity index (χ4v) is 7.61. The van der Waals surface area contributed by atoms with Gasteiger partial charge in [0, 0.05) is 32.5 Å². The van der Waals surface area contributed by atoms with Gasteiger partial charge >= 0.3 is 8.80 Å². The van der Waals surface area contributed by atoms with Gasteiger partial charge in [0.25, 0.3) is 0 Å². The number of rotatable bonds is 12. The average molecular weight is 371 g/mol. The summed E-state index contributed by atoms with van der Waals surface area (Å²) in [4.78, 5) is 0. The molecule has 0 saturated carbocycles. The van der Waals surface area contributed by atoms with Gasteiger partial charge in [-0.15, -0.1) is 0 Å². The van der Waals surface area contributed by atoms with E-state index in [1.165, 1.54) is 11.1 Å². The molecule has 0 bridgehead atoms. The highest BCUT2D eigenvalue weighted by Crippen LogP contribution is 2.19. The largest absolute Gasteiger partial charge is 0.505 e. The van der Waals surface area contributed by atoms with E-state index < -0.39 is 17.1 Å². The van der Waals surface area contributed by atoms with Gasteiger partial charge in [0.2, 0.25) is 0 Å². The van der Waals surface area contributed by atoms with Gasteiger partial charge in [0.1, 0.15) is 0 Å². The topological polar surface area (TPSA) is 36.9 Å². The predicted octanol–water partition coefficient (Wildman–Crippen LogP) is 4.14. The second-order valence-electron chi connectivity index (χ2n) is 6.34. The van der Waals surface area contributed by atoms with Crippen LogP contribution in [0.5, 0.6) is 0 Å². The van der Waals surface area contributed by atoms with E-state index in [1.54, 1.807) is 0 Å². The van der Waals surface area contributed by atoms with Crippen molar-refractivity contribution >= 4 is 17.1 Å². The number of hydrogen-bond acceptors (Lipinski definition) is 4. The Labute approximate surface area is 150 Å². The van der Waals surface area contributed by atoms with E-state index in [2.05, 4.69) is 44.3 Å². The van der Waals surface area contributed by atoms with Crippen LogP contribution in [-0.4, -0.2) is 43.5 Å². The molecule has 0 saturated heterocycles. The molecule has 0 N–H and O–H groups in total. The molecule has 0 spiro atoms. The molecule has 0 amide bonds. The first-order chi connectivity index (χ1) is 11.4. The zero-order valence-corrected chi connectivity index (χ0v) is 18.2. The van der Waals surface area contributed by atoms with Gasteiger partial charge in [-0.1, -0.05) is 24.3 Å². The fraction of sp³-hybridized carbons (Fsp3) is 0.667. The Hall–Kier alpha value is -0.506. The zero-order chi connectivity index (χ0) is 18.1. The first-order valence-electron chi connectivity index (χ1n) is 9.04. The maximum absolute atomic E-state index is 5.94. The Morgan fingerprint density at radius 3 is 1.38 bits per heavy atom. The lowest BCUT2D eigenvalue weighted by atomic mass is 10.2. The molecule has 0 radical (unpaired) electrons. The molecule has 6 heteroatoms. The molecular formula is C18H34O4Si2. The Balaban J connectivity index is 2.82. The van der Waals surface area contributed by atoms with E-state index in [4.69, 9.17) is 17.7 Å². The second kappa shape index (κ2) is 10.5. The van der Waals surface area contributed by atoms with E-state index in [0.29, 0.717) is 19.8 Å². The van der Waals surface area contributed by atoms with Gasteiger partial charge in [0.15, 0.2) is 8.32 Å². The van der Waals surface area contributed by atoms with Crippen molar-refractivity contribution in [3.8, 4) is 0 Å². The van der Waals surface area contributed by atoms with Crippen molar-refractivity contribution in [2.24, 2.45) is 0 Å². The van der Waals surface area contributed by atoms with Crippen molar-refractivity contribution in [1.82, 2.24) is 0 Å².